The van der Waals surface area contributed by atoms with Crippen molar-refractivity contribution in [3.8, 4) is 5.75 Å². The normalized spacial score (nSPS) is 26.0. The van der Waals surface area contributed by atoms with Crippen LogP contribution in [0.2, 0.25) is 0 Å². The fourth-order valence-electron chi connectivity index (χ4n) is 3.64. The molecule has 19 heavy (non-hydrogen) atoms. The van der Waals surface area contributed by atoms with Gasteiger partial charge in [0.25, 0.3) is 0 Å². The fraction of sp³-hybridized carbons (Fsp3) is 0.647. The first-order chi connectivity index (χ1) is 9.24. The summed E-state index contributed by atoms with van der Waals surface area (Å²) in [6.07, 6.45) is 4.93. The number of ether oxygens (including phenoxy) is 1. The third kappa shape index (κ3) is 2.79. The van der Waals surface area contributed by atoms with Crippen LogP contribution in [0.15, 0.2) is 18.2 Å². The Balaban J connectivity index is 2.41. The second-order valence-corrected chi connectivity index (χ2v) is 5.65. The van der Waals surface area contributed by atoms with Gasteiger partial charge in [-0.25, -0.2) is 0 Å². The van der Waals surface area contributed by atoms with Crippen molar-refractivity contribution >= 4 is 0 Å². The number of fused-ring (bicyclic) bond motifs is 1. The first-order valence-corrected chi connectivity index (χ1v) is 7.59. The van der Waals surface area contributed by atoms with Crippen molar-refractivity contribution in [1.29, 1.82) is 0 Å². The van der Waals surface area contributed by atoms with Crippen LogP contribution in [-0.2, 0) is 6.42 Å². The standard InChI is InChI=1S/C17H27NO/c1-5-7-15-16-11-14(19-4)9-8-13(16)10-12(6-2)17(15)18-3/h8-9,11-12,15,17-18H,5-7,10H2,1-4H3. The predicted molar refractivity (Wildman–Crippen MR) is 81.0 cm³/mol. The van der Waals surface area contributed by atoms with Crippen LogP contribution in [0.25, 0.3) is 0 Å². The van der Waals surface area contributed by atoms with Crippen LogP contribution in [0.4, 0.5) is 0 Å². The number of hydrogen-bond acceptors (Lipinski definition) is 2. The number of hydrogen-bond donors (Lipinski definition) is 1. The molecule has 0 fully saturated rings. The maximum atomic E-state index is 5.41. The Labute approximate surface area is 117 Å². The van der Waals surface area contributed by atoms with Crippen molar-refractivity contribution in [2.24, 2.45) is 5.92 Å². The van der Waals surface area contributed by atoms with E-state index in [0.29, 0.717) is 12.0 Å². The van der Waals surface area contributed by atoms with Crippen LogP contribution in [0.1, 0.15) is 50.2 Å². The van der Waals surface area contributed by atoms with Gasteiger partial charge in [-0.1, -0.05) is 32.8 Å². The molecule has 1 aliphatic carbocycles. The maximum absolute atomic E-state index is 5.41. The molecule has 0 bridgehead atoms. The number of likely N-dealkylation sites (N-methyl/N-ethyl adjacent to an activating group) is 1. The summed E-state index contributed by atoms with van der Waals surface area (Å²) in [5, 5.41) is 3.58. The molecule has 0 amide bonds. The molecule has 0 aliphatic heterocycles. The minimum absolute atomic E-state index is 0.601. The molecule has 2 nitrogen and oxygen atoms in total. The number of rotatable bonds is 5. The van der Waals surface area contributed by atoms with E-state index in [2.05, 4.69) is 44.4 Å². The third-order valence-electron chi connectivity index (χ3n) is 4.63. The topological polar surface area (TPSA) is 21.3 Å². The molecule has 1 aromatic carbocycles. The first-order valence-electron chi connectivity index (χ1n) is 7.59. The Kier molecular flexibility index (Phi) is 4.87. The zero-order valence-corrected chi connectivity index (χ0v) is 12.7. The molecule has 0 aromatic heterocycles. The SMILES string of the molecule is CCCC1c2cc(OC)ccc2CC(CC)C1NC. The van der Waals surface area contributed by atoms with Crippen molar-refractivity contribution in [2.45, 2.75) is 51.5 Å². The van der Waals surface area contributed by atoms with Crippen LogP contribution in [-0.4, -0.2) is 20.2 Å². The molecule has 2 rings (SSSR count). The molecule has 0 spiro atoms. The van der Waals surface area contributed by atoms with Crippen molar-refractivity contribution in [3.63, 3.8) is 0 Å². The molecule has 2 heteroatoms. The summed E-state index contributed by atoms with van der Waals surface area (Å²) in [6.45, 7) is 4.59. The zero-order valence-electron chi connectivity index (χ0n) is 12.7. The zero-order chi connectivity index (χ0) is 13.8. The Bertz CT molecular complexity index is 416. The molecule has 3 atom stereocenters. The number of benzene rings is 1. The predicted octanol–water partition coefficient (Wildman–Crippen LogP) is 3.75. The number of nitrogens with one attached hydrogen (secondary N) is 1. The van der Waals surface area contributed by atoms with E-state index < -0.39 is 0 Å². The van der Waals surface area contributed by atoms with E-state index in [0.717, 1.165) is 11.7 Å². The molecule has 1 aromatic rings. The van der Waals surface area contributed by atoms with Gasteiger partial charge in [-0.3, -0.25) is 0 Å². The molecule has 1 aliphatic rings. The lowest BCUT2D eigenvalue weighted by Gasteiger charge is -2.39. The van der Waals surface area contributed by atoms with E-state index in [-0.39, 0.29) is 0 Å². The summed E-state index contributed by atoms with van der Waals surface area (Å²) in [7, 11) is 3.87. The van der Waals surface area contributed by atoms with Gasteiger partial charge in [0.15, 0.2) is 0 Å². The van der Waals surface area contributed by atoms with Crippen LogP contribution in [0, 0.1) is 5.92 Å². The Hall–Kier alpha value is -1.02. The molecule has 1 N–H and O–H groups in total. The van der Waals surface area contributed by atoms with E-state index in [4.69, 9.17) is 4.74 Å². The summed E-state index contributed by atoms with van der Waals surface area (Å²) in [5.74, 6) is 2.37. The smallest absolute Gasteiger partial charge is 0.119 e. The van der Waals surface area contributed by atoms with Crippen molar-refractivity contribution in [2.75, 3.05) is 14.2 Å². The highest BCUT2D eigenvalue weighted by Gasteiger charge is 2.34. The van der Waals surface area contributed by atoms with Gasteiger partial charge in [-0.15, -0.1) is 0 Å². The van der Waals surface area contributed by atoms with Crippen LogP contribution < -0.4 is 10.1 Å². The lowest BCUT2D eigenvalue weighted by molar-refractivity contribution is 0.279. The van der Waals surface area contributed by atoms with E-state index in [1.807, 2.05) is 0 Å². The highest BCUT2D eigenvalue weighted by molar-refractivity contribution is 5.41. The molecular weight excluding hydrogens is 234 g/mol. The van der Waals surface area contributed by atoms with E-state index in [1.54, 1.807) is 7.11 Å². The minimum atomic E-state index is 0.601. The van der Waals surface area contributed by atoms with Gasteiger partial charge in [0.05, 0.1) is 7.11 Å². The first kappa shape index (κ1) is 14.4. The highest BCUT2D eigenvalue weighted by atomic mass is 16.5. The lowest BCUT2D eigenvalue weighted by Crippen LogP contribution is -2.43. The van der Waals surface area contributed by atoms with Gasteiger partial charge < -0.3 is 10.1 Å². The summed E-state index contributed by atoms with van der Waals surface area (Å²) >= 11 is 0. The average Bonchev–Trinajstić information content (AvgIpc) is 2.46. The fourth-order valence-corrected chi connectivity index (χ4v) is 3.64. The molecule has 0 saturated carbocycles. The Morgan fingerprint density at radius 1 is 1.32 bits per heavy atom. The van der Waals surface area contributed by atoms with Gasteiger partial charge in [0.1, 0.15) is 5.75 Å². The molecule has 0 heterocycles. The van der Waals surface area contributed by atoms with Gasteiger partial charge in [-0.2, -0.15) is 0 Å². The van der Waals surface area contributed by atoms with Crippen LogP contribution >= 0.6 is 0 Å². The van der Waals surface area contributed by atoms with Crippen LogP contribution in [0.5, 0.6) is 5.75 Å². The largest absolute Gasteiger partial charge is 0.497 e. The highest BCUT2D eigenvalue weighted by Crippen LogP contribution is 2.40. The molecule has 3 unspecified atom stereocenters. The monoisotopic (exact) mass is 261 g/mol. The van der Waals surface area contributed by atoms with E-state index >= 15 is 0 Å². The van der Waals surface area contributed by atoms with Crippen LogP contribution in [0.3, 0.4) is 0 Å². The summed E-state index contributed by atoms with van der Waals surface area (Å²) < 4.78 is 5.41. The quantitative estimate of drug-likeness (QED) is 0.871. The van der Waals surface area contributed by atoms with Gasteiger partial charge in [0.2, 0.25) is 0 Å². The van der Waals surface area contributed by atoms with Crippen molar-refractivity contribution in [1.82, 2.24) is 5.32 Å². The van der Waals surface area contributed by atoms with Gasteiger partial charge >= 0.3 is 0 Å². The molecule has 106 valence electrons. The second kappa shape index (κ2) is 6.42. The molecular formula is C17H27NO. The van der Waals surface area contributed by atoms with Gasteiger partial charge in [-0.05, 0) is 55.0 Å². The summed E-state index contributed by atoms with van der Waals surface area (Å²) in [4.78, 5) is 0. The van der Waals surface area contributed by atoms with Gasteiger partial charge in [0, 0.05) is 6.04 Å². The molecule has 0 radical (unpaired) electrons. The second-order valence-electron chi connectivity index (χ2n) is 5.65. The number of methoxy groups -OCH3 is 1. The Morgan fingerprint density at radius 3 is 2.68 bits per heavy atom. The Morgan fingerprint density at radius 2 is 2.11 bits per heavy atom. The summed E-state index contributed by atoms with van der Waals surface area (Å²) in [5.41, 5.74) is 3.03. The maximum Gasteiger partial charge on any atom is 0.119 e. The average molecular weight is 261 g/mol. The molecule has 0 saturated heterocycles. The minimum Gasteiger partial charge on any atom is -0.497 e. The van der Waals surface area contributed by atoms with Crippen molar-refractivity contribution in [3.05, 3.63) is 29.3 Å². The lowest BCUT2D eigenvalue weighted by atomic mass is 9.70. The summed E-state index contributed by atoms with van der Waals surface area (Å²) in [6, 6.07) is 7.23. The van der Waals surface area contributed by atoms with E-state index in [1.165, 1.54) is 36.8 Å². The van der Waals surface area contributed by atoms with Crippen molar-refractivity contribution < 1.29 is 4.74 Å². The van der Waals surface area contributed by atoms with E-state index in [9.17, 15) is 0 Å². The third-order valence-corrected chi connectivity index (χ3v) is 4.63.